The summed E-state index contributed by atoms with van der Waals surface area (Å²) in [6.07, 6.45) is 2.44. The first-order valence-electron chi connectivity index (χ1n) is 14.7. The van der Waals surface area contributed by atoms with E-state index in [1.165, 1.54) is 0 Å². The molecule has 8 atom stereocenters. The molecule has 0 amide bonds. The lowest BCUT2D eigenvalue weighted by atomic mass is 9.36. The zero-order valence-electron chi connectivity index (χ0n) is 24.7. The van der Waals surface area contributed by atoms with E-state index in [1.54, 1.807) is 12.2 Å². The number of allylic oxidation sites excluding steroid dienone is 4. The van der Waals surface area contributed by atoms with E-state index in [2.05, 4.69) is 38.5 Å². The Balaban J connectivity index is 1.64. The minimum absolute atomic E-state index is 0.0511. The predicted octanol–water partition coefficient (Wildman–Crippen LogP) is 6.05. The molecule has 5 aliphatic rings. The molecule has 0 radical (unpaired) electrons. The first-order chi connectivity index (χ1) is 18.6. The Hall–Kier alpha value is -1.99. The van der Waals surface area contributed by atoms with Crippen LogP contribution < -0.4 is 4.72 Å². The van der Waals surface area contributed by atoms with E-state index in [1.807, 2.05) is 13.8 Å². The molecular weight excluding hydrogens is 553 g/mol. The lowest BCUT2D eigenvalue weighted by Crippen LogP contribution is -2.69. The third-order valence-corrected chi connectivity index (χ3v) is 13.6. The fourth-order valence-corrected chi connectivity index (χ4v) is 11.5. The molecule has 3 fully saturated rings. The Morgan fingerprint density at radius 2 is 1.66 bits per heavy atom. The number of nitrogens with zero attached hydrogens (tertiary/aromatic N) is 1. The number of rotatable bonds is 3. The molecule has 0 saturated heterocycles. The van der Waals surface area contributed by atoms with Gasteiger partial charge in [0.15, 0.2) is 17.3 Å². The molecule has 5 aliphatic carbocycles. The van der Waals surface area contributed by atoms with Crippen LogP contribution in [0.5, 0.6) is 0 Å². The van der Waals surface area contributed by atoms with Crippen molar-refractivity contribution in [1.82, 2.24) is 4.72 Å². The minimum Gasteiger partial charge on any atom is -0.295 e. The van der Waals surface area contributed by atoms with Crippen LogP contribution in [-0.4, -0.2) is 37.5 Å². The number of hydrogen-bond donors (Lipinski definition) is 1. The molecule has 0 heterocycles. The summed E-state index contributed by atoms with van der Waals surface area (Å²) in [6, 6.07) is 2.07. The predicted molar refractivity (Wildman–Crippen MR) is 148 cm³/mol. The van der Waals surface area contributed by atoms with Gasteiger partial charge in [-0.2, -0.15) is 18.4 Å². The van der Waals surface area contributed by atoms with Crippen LogP contribution in [0.15, 0.2) is 23.3 Å². The number of nitriles is 1. The van der Waals surface area contributed by atoms with Crippen LogP contribution in [0.3, 0.4) is 0 Å². The van der Waals surface area contributed by atoms with Crippen molar-refractivity contribution in [1.29, 1.82) is 5.26 Å². The molecule has 0 aromatic heterocycles. The van der Waals surface area contributed by atoms with Crippen LogP contribution in [0.25, 0.3) is 0 Å². The maximum atomic E-state index is 14.4. The van der Waals surface area contributed by atoms with Crippen LogP contribution in [0.2, 0.25) is 0 Å². The summed E-state index contributed by atoms with van der Waals surface area (Å²) >= 11 is 0. The topological polar surface area (TPSA) is 104 Å². The quantitative estimate of drug-likeness (QED) is 0.429. The van der Waals surface area contributed by atoms with Gasteiger partial charge in [0.2, 0.25) is 10.0 Å². The Bertz CT molecular complexity index is 1410. The van der Waals surface area contributed by atoms with Gasteiger partial charge < -0.3 is 0 Å². The molecule has 0 aliphatic heterocycles. The molecule has 6 nitrogen and oxygen atoms in total. The smallest absolute Gasteiger partial charge is 0.295 e. The second kappa shape index (κ2) is 9.01. The van der Waals surface area contributed by atoms with Crippen LogP contribution in [0.4, 0.5) is 13.2 Å². The van der Waals surface area contributed by atoms with Gasteiger partial charge >= 0.3 is 6.18 Å². The van der Waals surface area contributed by atoms with Crippen LogP contribution in [0, 0.1) is 56.7 Å². The number of fused-ring (bicyclic) bond motifs is 7. The second-order valence-corrected chi connectivity index (χ2v) is 16.8. The highest BCUT2D eigenvalue weighted by molar-refractivity contribution is 7.89. The van der Waals surface area contributed by atoms with Crippen molar-refractivity contribution >= 4 is 21.6 Å². The van der Waals surface area contributed by atoms with E-state index < -0.39 is 55.6 Å². The summed E-state index contributed by atoms with van der Waals surface area (Å²) in [5, 5.41) is 9.75. The van der Waals surface area contributed by atoms with E-state index in [4.69, 9.17) is 0 Å². The highest BCUT2D eigenvalue weighted by Crippen LogP contribution is 2.72. The van der Waals surface area contributed by atoms with Crippen molar-refractivity contribution in [3.05, 3.63) is 23.3 Å². The maximum Gasteiger partial charge on any atom is 0.404 e. The number of nitrogens with one attached hydrogen (secondary N) is 1. The summed E-state index contributed by atoms with van der Waals surface area (Å²) in [5.41, 5.74) is -2.00. The van der Waals surface area contributed by atoms with Gasteiger partial charge in [-0.3, -0.25) is 9.59 Å². The summed E-state index contributed by atoms with van der Waals surface area (Å²) in [6.45, 7) is 12.3. The highest BCUT2D eigenvalue weighted by Gasteiger charge is 2.69. The first kappa shape index (κ1) is 30.5. The Kier molecular flexibility index (Phi) is 6.70. The number of carbonyl (C=O) groups excluding carboxylic acids is 2. The van der Waals surface area contributed by atoms with Gasteiger partial charge in [0, 0.05) is 22.8 Å². The summed E-state index contributed by atoms with van der Waals surface area (Å²) in [4.78, 5) is 27.3. The zero-order chi connectivity index (χ0) is 30.6. The van der Waals surface area contributed by atoms with E-state index >= 15 is 0 Å². The van der Waals surface area contributed by atoms with E-state index in [-0.39, 0.29) is 34.4 Å². The molecule has 1 N–H and O–H groups in total. The molecule has 3 unspecified atom stereocenters. The number of sulfonamides is 1. The average molecular weight is 595 g/mol. The number of ketones is 2. The monoisotopic (exact) mass is 594 g/mol. The molecule has 0 spiro atoms. The van der Waals surface area contributed by atoms with E-state index in [9.17, 15) is 36.4 Å². The minimum atomic E-state index is -4.87. The summed E-state index contributed by atoms with van der Waals surface area (Å²) < 4.78 is 67.9. The molecule has 3 saturated carbocycles. The molecule has 41 heavy (non-hydrogen) atoms. The van der Waals surface area contributed by atoms with Gasteiger partial charge in [-0.1, -0.05) is 53.2 Å². The van der Waals surface area contributed by atoms with Crippen molar-refractivity contribution < 1.29 is 31.2 Å². The molecule has 10 heteroatoms. The van der Waals surface area contributed by atoms with Crippen molar-refractivity contribution in [2.24, 2.45) is 45.3 Å². The van der Waals surface area contributed by atoms with Crippen LogP contribution in [0.1, 0.15) is 86.5 Å². The van der Waals surface area contributed by atoms with Crippen molar-refractivity contribution in [2.45, 2.75) is 98.2 Å². The molecule has 0 bridgehead atoms. The van der Waals surface area contributed by atoms with E-state index in [0.717, 1.165) is 18.4 Å². The fraction of sp³-hybridized carbons (Fsp3) is 0.774. The number of alkyl halides is 3. The molecular formula is C31H41F3N2O4S. The first-order valence-corrected chi connectivity index (χ1v) is 16.3. The normalized spacial score (nSPS) is 43.9. The largest absolute Gasteiger partial charge is 0.404 e. The SMILES string of the molecule is C[C@@H]1C(=O)C(C#N)=C[C@]2(C)C3=CC(=O)C4C5CC(C)(C)CC[C@]5(NS(=O)(=O)CC(F)(F)F)CC[C@@]4(C)[C@]3(C)CCC12. The Morgan fingerprint density at radius 1 is 1.02 bits per heavy atom. The second-order valence-electron chi connectivity index (χ2n) is 15.0. The van der Waals surface area contributed by atoms with Crippen LogP contribution in [-0.2, 0) is 19.6 Å². The summed E-state index contributed by atoms with van der Waals surface area (Å²) in [5.74, 6) is -3.67. The highest BCUT2D eigenvalue weighted by atomic mass is 32.2. The zero-order valence-corrected chi connectivity index (χ0v) is 25.6. The molecule has 226 valence electrons. The van der Waals surface area contributed by atoms with Gasteiger partial charge in [-0.25, -0.2) is 13.1 Å². The molecule has 5 rings (SSSR count). The van der Waals surface area contributed by atoms with Crippen molar-refractivity contribution in [2.75, 3.05) is 5.75 Å². The number of carbonyl (C=O) groups is 2. The van der Waals surface area contributed by atoms with Crippen LogP contribution >= 0.6 is 0 Å². The molecule has 0 aromatic rings. The van der Waals surface area contributed by atoms with Gasteiger partial charge in [0.25, 0.3) is 0 Å². The standard InChI is InChI=1S/C31H41F3N2O4S/c1-18-20-7-8-28(5)23(27(20,4)14-19(16-35)25(18)38)13-22(37)24-21-15-26(2,3)9-11-30(21,12-10-29(24,28)6)36-41(39,40)17-31(32,33)34/h13-14,18,20-21,24,36H,7-12,15,17H2,1-6H3/t18-,20?,21?,24?,27-,28+,29+,30-/m0/s1. The third kappa shape index (κ3) is 4.47. The Labute approximate surface area is 241 Å². The van der Waals surface area contributed by atoms with Gasteiger partial charge in [-0.05, 0) is 79.1 Å². The van der Waals surface area contributed by atoms with Crippen molar-refractivity contribution in [3.63, 3.8) is 0 Å². The van der Waals surface area contributed by atoms with Gasteiger partial charge in [-0.15, -0.1) is 0 Å². The van der Waals surface area contributed by atoms with Gasteiger partial charge in [0.1, 0.15) is 6.07 Å². The summed E-state index contributed by atoms with van der Waals surface area (Å²) in [7, 11) is -4.69. The fourth-order valence-electron chi connectivity index (χ4n) is 9.99. The lowest BCUT2D eigenvalue weighted by Gasteiger charge is -2.68. The maximum absolute atomic E-state index is 14.4. The number of Topliss-reactive ketones (excluding diaryl/α,β-unsaturated/α-hetero) is 1. The average Bonchev–Trinajstić information content (AvgIpc) is 2.82. The van der Waals surface area contributed by atoms with E-state index in [0.29, 0.717) is 32.1 Å². The van der Waals surface area contributed by atoms with Crippen molar-refractivity contribution in [3.8, 4) is 6.07 Å². The molecule has 0 aromatic carbocycles. The third-order valence-electron chi connectivity index (χ3n) is 12.2. The lowest BCUT2D eigenvalue weighted by molar-refractivity contribution is -0.157. The van der Waals surface area contributed by atoms with Gasteiger partial charge in [0.05, 0.1) is 5.57 Å². The Morgan fingerprint density at radius 3 is 2.27 bits per heavy atom. The number of halogens is 3. The number of hydrogen-bond acceptors (Lipinski definition) is 5.